The van der Waals surface area contributed by atoms with Crippen molar-refractivity contribution in [3.05, 3.63) is 53.6 Å². The van der Waals surface area contributed by atoms with E-state index < -0.39 is 6.10 Å². The van der Waals surface area contributed by atoms with Gasteiger partial charge in [0.25, 0.3) is 0 Å². The lowest BCUT2D eigenvalue weighted by Crippen LogP contribution is -2.20. The van der Waals surface area contributed by atoms with E-state index in [4.69, 9.17) is 21.1 Å². The van der Waals surface area contributed by atoms with Crippen LogP contribution >= 0.6 is 11.6 Å². The predicted octanol–water partition coefficient (Wildman–Crippen LogP) is 2.95. The van der Waals surface area contributed by atoms with Crippen LogP contribution in [0.1, 0.15) is 15.9 Å². The van der Waals surface area contributed by atoms with E-state index in [0.717, 1.165) is 5.69 Å². The maximum atomic E-state index is 12.7. The Labute approximate surface area is 146 Å². The molecular formula is C18H20ClNO4. The maximum absolute atomic E-state index is 12.7. The number of carbonyl (C=O) groups is 1. The number of ketones is 1. The van der Waals surface area contributed by atoms with Gasteiger partial charge in [0.15, 0.2) is 17.3 Å². The summed E-state index contributed by atoms with van der Waals surface area (Å²) in [6.45, 7) is 0.317. The molecule has 2 rings (SSSR count). The molecule has 0 spiro atoms. The molecule has 0 aromatic heterocycles. The highest BCUT2D eigenvalue weighted by molar-refractivity contribution is 6.18. The van der Waals surface area contributed by atoms with E-state index in [9.17, 15) is 9.90 Å². The molecule has 5 nitrogen and oxygen atoms in total. The van der Waals surface area contributed by atoms with Crippen LogP contribution in [0.4, 0.5) is 5.69 Å². The third-order valence-electron chi connectivity index (χ3n) is 3.49. The van der Waals surface area contributed by atoms with Gasteiger partial charge in [-0.3, -0.25) is 4.79 Å². The van der Waals surface area contributed by atoms with Gasteiger partial charge in [0, 0.05) is 23.4 Å². The quantitative estimate of drug-likeness (QED) is 0.566. The van der Waals surface area contributed by atoms with Crippen LogP contribution in [0, 0.1) is 0 Å². The van der Waals surface area contributed by atoms with Crippen LogP contribution in [0.5, 0.6) is 11.5 Å². The van der Waals surface area contributed by atoms with Crippen LogP contribution in [0.15, 0.2) is 42.5 Å². The van der Waals surface area contributed by atoms with Gasteiger partial charge in [-0.25, -0.2) is 0 Å². The number of carbonyl (C=O) groups excluding carboxylic acids is 1. The fraction of sp³-hybridized carbons (Fsp3) is 0.278. The lowest BCUT2D eigenvalue weighted by Gasteiger charge is -2.12. The first-order chi connectivity index (χ1) is 11.6. The average molecular weight is 350 g/mol. The van der Waals surface area contributed by atoms with Crippen LogP contribution < -0.4 is 14.8 Å². The van der Waals surface area contributed by atoms with E-state index in [2.05, 4.69) is 5.32 Å². The number of anilines is 1. The van der Waals surface area contributed by atoms with Crippen molar-refractivity contribution in [3.8, 4) is 11.5 Å². The number of alkyl halides is 1. The first kappa shape index (κ1) is 18.1. The molecule has 0 radical (unpaired) electrons. The zero-order chi connectivity index (χ0) is 17.5. The van der Waals surface area contributed by atoms with E-state index in [-0.39, 0.29) is 11.7 Å². The van der Waals surface area contributed by atoms with Gasteiger partial charge in [-0.1, -0.05) is 12.1 Å². The van der Waals surface area contributed by atoms with Crippen LogP contribution in [0.25, 0.3) is 0 Å². The second-order valence-corrected chi connectivity index (χ2v) is 5.48. The van der Waals surface area contributed by atoms with E-state index in [0.29, 0.717) is 29.2 Å². The van der Waals surface area contributed by atoms with E-state index in [1.165, 1.54) is 7.11 Å². The largest absolute Gasteiger partial charge is 0.493 e. The van der Waals surface area contributed by atoms with Gasteiger partial charge in [0.1, 0.15) is 0 Å². The Balaban J connectivity index is 2.20. The highest BCUT2D eigenvalue weighted by Gasteiger charge is 2.13. The predicted molar refractivity (Wildman–Crippen MR) is 94.6 cm³/mol. The fourth-order valence-corrected chi connectivity index (χ4v) is 2.31. The minimum Gasteiger partial charge on any atom is -0.493 e. The van der Waals surface area contributed by atoms with Crippen LogP contribution in [-0.4, -0.2) is 43.6 Å². The number of halogens is 1. The van der Waals surface area contributed by atoms with Crippen molar-refractivity contribution in [1.29, 1.82) is 0 Å². The third-order valence-corrected chi connectivity index (χ3v) is 3.85. The Hall–Kier alpha value is -2.24. The number of methoxy groups -OCH3 is 2. The summed E-state index contributed by atoms with van der Waals surface area (Å²) >= 11 is 5.57. The summed E-state index contributed by atoms with van der Waals surface area (Å²) < 4.78 is 10.4. The Morgan fingerprint density at radius 1 is 1.12 bits per heavy atom. The van der Waals surface area contributed by atoms with Gasteiger partial charge in [-0.2, -0.15) is 0 Å². The van der Waals surface area contributed by atoms with Gasteiger partial charge in [-0.05, 0) is 30.3 Å². The number of benzene rings is 2. The molecule has 1 atom stereocenters. The minimum atomic E-state index is -0.642. The molecule has 0 bridgehead atoms. The molecule has 0 amide bonds. The Morgan fingerprint density at radius 2 is 1.83 bits per heavy atom. The monoisotopic (exact) mass is 349 g/mol. The molecule has 24 heavy (non-hydrogen) atoms. The highest BCUT2D eigenvalue weighted by Crippen LogP contribution is 2.28. The van der Waals surface area contributed by atoms with Crippen molar-refractivity contribution in [2.24, 2.45) is 0 Å². The smallest absolute Gasteiger partial charge is 0.193 e. The summed E-state index contributed by atoms with van der Waals surface area (Å²) in [5, 5.41) is 12.5. The number of aliphatic hydroxyl groups is 1. The van der Waals surface area contributed by atoms with Gasteiger partial charge in [-0.15, -0.1) is 11.6 Å². The zero-order valence-corrected chi connectivity index (χ0v) is 14.3. The minimum absolute atomic E-state index is 0.127. The molecule has 128 valence electrons. The number of hydrogen-bond acceptors (Lipinski definition) is 5. The second kappa shape index (κ2) is 8.57. The summed E-state index contributed by atoms with van der Waals surface area (Å²) in [5.74, 6) is 1.09. The van der Waals surface area contributed by atoms with Crippen molar-refractivity contribution in [3.63, 3.8) is 0 Å². The van der Waals surface area contributed by atoms with E-state index >= 15 is 0 Å². The van der Waals surface area contributed by atoms with Crippen molar-refractivity contribution in [2.45, 2.75) is 6.10 Å². The lowest BCUT2D eigenvalue weighted by atomic mass is 10.0. The molecule has 0 saturated heterocycles. The zero-order valence-electron chi connectivity index (χ0n) is 13.6. The van der Waals surface area contributed by atoms with Crippen LogP contribution in [0.3, 0.4) is 0 Å². The Kier molecular flexibility index (Phi) is 6.46. The van der Waals surface area contributed by atoms with Crippen molar-refractivity contribution in [1.82, 2.24) is 0 Å². The average Bonchev–Trinajstić information content (AvgIpc) is 2.65. The number of hydrogen-bond donors (Lipinski definition) is 2. The molecule has 1 unspecified atom stereocenters. The van der Waals surface area contributed by atoms with Crippen molar-refractivity contribution >= 4 is 23.1 Å². The SMILES string of the molecule is COc1ccc(C(=O)c2cccc(NCC(O)CCl)c2)cc1OC. The fourth-order valence-electron chi connectivity index (χ4n) is 2.20. The van der Waals surface area contributed by atoms with Gasteiger partial charge in [0.05, 0.1) is 26.2 Å². The van der Waals surface area contributed by atoms with Crippen molar-refractivity contribution in [2.75, 3.05) is 32.0 Å². The third kappa shape index (κ3) is 4.40. The van der Waals surface area contributed by atoms with Crippen molar-refractivity contribution < 1.29 is 19.4 Å². The standard InChI is InChI=1S/C18H20ClNO4/c1-23-16-7-6-13(9-17(16)24-2)18(22)12-4-3-5-14(8-12)20-11-15(21)10-19/h3-9,15,20-21H,10-11H2,1-2H3. The highest BCUT2D eigenvalue weighted by atomic mass is 35.5. The molecule has 0 fully saturated rings. The van der Waals surface area contributed by atoms with E-state index in [1.807, 2.05) is 6.07 Å². The molecular weight excluding hydrogens is 330 g/mol. The van der Waals surface area contributed by atoms with Gasteiger partial charge >= 0.3 is 0 Å². The van der Waals surface area contributed by atoms with E-state index in [1.54, 1.807) is 43.5 Å². The molecule has 0 aliphatic rings. The normalized spacial score (nSPS) is 11.7. The number of nitrogens with one attached hydrogen (secondary N) is 1. The summed E-state index contributed by atoms with van der Waals surface area (Å²) in [4.78, 5) is 12.7. The molecule has 0 heterocycles. The summed E-state index contributed by atoms with van der Waals surface area (Å²) in [7, 11) is 3.07. The second-order valence-electron chi connectivity index (χ2n) is 5.17. The number of aliphatic hydroxyl groups excluding tert-OH is 1. The molecule has 0 aliphatic heterocycles. The first-order valence-corrected chi connectivity index (χ1v) is 7.97. The molecule has 0 saturated carbocycles. The number of ether oxygens (including phenoxy) is 2. The molecule has 0 aliphatic carbocycles. The topological polar surface area (TPSA) is 67.8 Å². The molecule has 2 N–H and O–H groups in total. The molecule has 2 aromatic rings. The first-order valence-electron chi connectivity index (χ1n) is 7.43. The maximum Gasteiger partial charge on any atom is 0.193 e. The summed E-state index contributed by atoms with van der Waals surface area (Å²) in [6.07, 6.45) is -0.642. The van der Waals surface area contributed by atoms with Crippen LogP contribution in [0.2, 0.25) is 0 Å². The molecule has 2 aromatic carbocycles. The molecule has 6 heteroatoms. The van der Waals surface area contributed by atoms with Crippen LogP contribution in [-0.2, 0) is 0 Å². The Bertz CT molecular complexity index is 705. The van der Waals surface area contributed by atoms with Gasteiger partial charge in [0.2, 0.25) is 0 Å². The Morgan fingerprint density at radius 3 is 2.50 bits per heavy atom. The van der Waals surface area contributed by atoms with Gasteiger partial charge < -0.3 is 19.9 Å². The summed E-state index contributed by atoms with van der Waals surface area (Å²) in [5.41, 5.74) is 1.78. The number of rotatable bonds is 8. The summed E-state index contributed by atoms with van der Waals surface area (Å²) in [6, 6.07) is 12.1. The lowest BCUT2D eigenvalue weighted by molar-refractivity contribution is 0.103.